The number of carbonyl (C=O) groups is 1. The smallest absolute Gasteiger partial charge is 0.249 e. The second kappa shape index (κ2) is 4.16. The summed E-state index contributed by atoms with van der Waals surface area (Å²) in [4.78, 5) is 13.7. The van der Waals surface area contributed by atoms with Crippen LogP contribution in [0.5, 0.6) is 0 Å². The van der Waals surface area contributed by atoms with E-state index in [-0.39, 0.29) is 11.9 Å². The molecular formula is C13H18N2O. The summed E-state index contributed by atoms with van der Waals surface area (Å²) in [7, 11) is 1.85. The van der Waals surface area contributed by atoms with Gasteiger partial charge in [0.2, 0.25) is 5.91 Å². The third-order valence-corrected chi connectivity index (χ3v) is 3.20. The van der Waals surface area contributed by atoms with Gasteiger partial charge in [-0.2, -0.15) is 0 Å². The monoisotopic (exact) mass is 218 g/mol. The Hall–Kier alpha value is -1.51. The van der Waals surface area contributed by atoms with Gasteiger partial charge in [0, 0.05) is 7.05 Å². The van der Waals surface area contributed by atoms with Crippen molar-refractivity contribution in [3.8, 4) is 0 Å². The van der Waals surface area contributed by atoms with E-state index in [4.69, 9.17) is 0 Å². The Morgan fingerprint density at radius 3 is 2.75 bits per heavy atom. The number of carbonyl (C=O) groups excluding carboxylic acids is 1. The number of hydrogen-bond donors (Lipinski definition) is 1. The number of anilines is 2. The fraction of sp³-hybridized carbons (Fsp3) is 0.462. The number of likely N-dealkylation sites (N-methyl/N-ethyl adjacent to an activating group) is 1. The van der Waals surface area contributed by atoms with Gasteiger partial charge in [0.1, 0.15) is 6.04 Å². The minimum atomic E-state index is -0.0787. The maximum absolute atomic E-state index is 12.0. The maximum Gasteiger partial charge on any atom is 0.249 e. The largest absolute Gasteiger partial charge is 0.372 e. The topological polar surface area (TPSA) is 32.3 Å². The van der Waals surface area contributed by atoms with Crippen molar-refractivity contribution in [3.05, 3.63) is 23.8 Å². The molecule has 1 aliphatic rings. The second-order valence-corrected chi connectivity index (χ2v) is 4.21. The van der Waals surface area contributed by atoms with Gasteiger partial charge in [-0.05, 0) is 30.5 Å². The molecule has 16 heavy (non-hydrogen) atoms. The van der Waals surface area contributed by atoms with Gasteiger partial charge in [0.25, 0.3) is 0 Å². The normalized spacial score (nSPS) is 19.3. The molecule has 3 heteroatoms. The van der Waals surface area contributed by atoms with Crippen LogP contribution in [0.3, 0.4) is 0 Å². The van der Waals surface area contributed by atoms with Crippen LogP contribution in [0.2, 0.25) is 0 Å². The maximum atomic E-state index is 12.0. The average molecular weight is 218 g/mol. The third-order valence-electron chi connectivity index (χ3n) is 3.20. The Kier molecular flexibility index (Phi) is 2.86. The molecule has 0 fully saturated rings. The quantitative estimate of drug-likeness (QED) is 0.826. The second-order valence-electron chi connectivity index (χ2n) is 4.21. The van der Waals surface area contributed by atoms with Crippen molar-refractivity contribution < 1.29 is 4.79 Å². The Morgan fingerprint density at radius 1 is 1.38 bits per heavy atom. The van der Waals surface area contributed by atoms with Crippen molar-refractivity contribution in [2.45, 2.75) is 32.7 Å². The van der Waals surface area contributed by atoms with Gasteiger partial charge in [-0.25, -0.2) is 0 Å². The van der Waals surface area contributed by atoms with Crippen LogP contribution in [-0.2, 0) is 11.2 Å². The van der Waals surface area contributed by atoms with Crippen molar-refractivity contribution in [1.82, 2.24) is 0 Å². The number of fused-ring (bicyclic) bond motifs is 1. The molecule has 1 aromatic rings. The molecule has 0 bridgehead atoms. The van der Waals surface area contributed by atoms with E-state index in [2.05, 4.69) is 30.4 Å². The van der Waals surface area contributed by atoms with Crippen molar-refractivity contribution in [3.63, 3.8) is 0 Å². The minimum absolute atomic E-state index is 0.0787. The van der Waals surface area contributed by atoms with Gasteiger partial charge in [-0.15, -0.1) is 0 Å². The Labute approximate surface area is 96.5 Å². The number of benzene rings is 1. The molecule has 1 heterocycles. The molecule has 1 N–H and O–H groups in total. The van der Waals surface area contributed by atoms with Gasteiger partial charge in [-0.1, -0.05) is 19.9 Å². The van der Waals surface area contributed by atoms with Crippen LogP contribution in [0, 0.1) is 0 Å². The van der Waals surface area contributed by atoms with Crippen LogP contribution in [0.1, 0.15) is 25.8 Å². The summed E-state index contributed by atoms with van der Waals surface area (Å²) >= 11 is 0. The predicted molar refractivity (Wildman–Crippen MR) is 66.9 cm³/mol. The molecule has 2 rings (SSSR count). The predicted octanol–water partition coefficient (Wildman–Crippen LogP) is 2.42. The van der Waals surface area contributed by atoms with Crippen LogP contribution in [0.4, 0.5) is 11.4 Å². The molecule has 0 radical (unpaired) electrons. The van der Waals surface area contributed by atoms with E-state index in [1.165, 1.54) is 5.56 Å². The highest BCUT2D eigenvalue weighted by atomic mass is 16.2. The molecule has 3 nitrogen and oxygen atoms in total. The lowest BCUT2D eigenvalue weighted by molar-refractivity contribution is -0.119. The van der Waals surface area contributed by atoms with E-state index in [9.17, 15) is 4.79 Å². The van der Waals surface area contributed by atoms with Gasteiger partial charge >= 0.3 is 0 Å². The fourth-order valence-electron chi connectivity index (χ4n) is 2.08. The first-order chi connectivity index (χ1) is 7.67. The summed E-state index contributed by atoms with van der Waals surface area (Å²) in [6, 6.07) is 6.19. The Bertz CT molecular complexity index is 414. The van der Waals surface area contributed by atoms with Crippen molar-refractivity contribution >= 4 is 17.3 Å². The highest BCUT2D eigenvalue weighted by Crippen LogP contribution is 2.32. The van der Waals surface area contributed by atoms with E-state index in [1.807, 2.05) is 14.0 Å². The standard InChI is InChI=1S/C13H18N2O/c1-4-9-6-7-11-12(8-9)15(3)13(16)10(5-2)14-11/h6-8,10,14H,4-5H2,1-3H3. The van der Waals surface area contributed by atoms with Crippen LogP contribution < -0.4 is 10.2 Å². The molecule has 0 aromatic heterocycles. The van der Waals surface area contributed by atoms with Gasteiger partial charge < -0.3 is 10.2 Å². The van der Waals surface area contributed by atoms with Crippen LogP contribution in [-0.4, -0.2) is 19.0 Å². The fourth-order valence-corrected chi connectivity index (χ4v) is 2.08. The van der Waals surface area contributed by atoms with Crippen LogP contribution in [0.25, 0.3) is 0 Å². The molecule has 1 aliphatic heterocycles. The average Bonchev–Trinajstić information content (AvgIpc) is 2.33. The lowest BCUT2D eigenvalue weighted by Gasteiger charge is -2.32. The summed E-state index contributed by atoms with van der Waals surface area (Å²) in [5.74, 6) is 0.156. The number of aryl methyl sites for hydroxylation is 1. The first-order valence-electron chi connectivity index (χ1n) is 5.84. The van der Waals surface area contributed by atoms with E-state index >= 15 is 0 Å². The van der Waals surface area contributed by atoms with E-state index < -0.39 is 0 Å². The summed E-state index contributed by atoms with van der Waals surface area (Å²) in [6.07, 6.45) is 1.81. The van der Waals surface area contributed by atoms with Crippen molar-refractivity contribution in [2.24, 2.45) is 0 Å². The molecular weight excluding hydrogens is 200 g/mol. The molecule has 0 saturated heterocycles. The van der Waals surface area contributed by atoms with Crippen LogP contribution >= 0.6 is 0 Å². The molecule has 1 atom stereocenters. The van der Waals surface area contributed by atoms with E-state index in [0.29, 0.717) is 0 Å². The molecule has 0 spiro atoms. The summed E-state index contributed by atoms with van der Waals surface area (Å²) in [5, 5.41) is 3.29. The highest BCUT2D eigenvalue weighted by Gasteiger charge is 2.28. The zero-order valence-corrected chi connectivity index (χ0v) is 10.1. The molecule has 86 valence electrons. The van der Waals surface area contributed by atoms with Crippen molar-refractivity contribution in [2.75, 3.05) is 17.3 Å². The minimum Gasteiger partial charge on any atom is -0.372 e. The molecule has 1 aromatic carbocycles. The zero-order valence-electron chi connectivity index (χ0n) is 10.1. The van der Waals surface area contributed by atoms with E-state index in [1.54, 1.807) is 4.90 Å². The lowest BCUT2D eigenvalue weighted by atomic mass is 10.0. The first-order valence-corrected chi connectivity index (χ1v) is 5.84. The summed E-state index contributed by atoms with van der Waals surface area (Å²) < 4.78 is 0. The SMILES string of the molecule is CCc1ccc2c(c1)N(C)C(=O)C(CC)N2. The molecule has 1 amide bonds. The first kappa shape index (κ1) is 11.0. The number of rotatable bonds is 2. The summed E-state index contributed by atoms with van der Waals surface area (Å²) in [5.41, 5.74) is 3.32. The third kappa shape index (κ3) is 1.66. The van der Waals surface area contributed by atoms with Crippen molar-refractivity contribution in [1.29, 1.82) is 0 Å². The molecule has 0 aliphatic carbocycles. The van der Waals surface area contributed by atoms with Gasteiger partial charge in [-0.3, -0.25) is 4.79 Å². The molecule has 0 saturated carbocycles. The highest BCUT2D eigenvalue weighted by molar-refractivity contribution is 6.04. The number of nitrogens with zero attached hydrogens (tertiary/aromatic N) is 1. The van der Waals surface area contributed by atoms with Gasteiger partial charge in [0.15, 0.2) is 0 Å². The Balaban J connectivity index is 2.42. The Morgan fingerprint density at radius 2 is 2.12 bits per heavy atom. The number of amides is 1. The van der Waals surface area contributed by atoms with Gasteiger partial charge in [0.05, 0.1) is 11.4 Å². The molecule has 1 unspecified atom stereocenters. The summed E-state index contributed by atoms with van der Waals surface area (Å²) in [6.45, 7) is 4.14. The lowest BCUT2D eigenvalue weighted by Crippen LogP contribution is -2.44. The number of nitrogens with one attached hydrogen (secondary N) is 1. The van der Waals surface area contributed by atoms with Crippen LogP contribution in [0.15, 0.2) is 18.2 Å². The van der Waals surface area contributed by atoms with E-state index in [0.717, 1.165) is 24.2 Å². The number of hydrogen-bond acceptors (Lipinski definition) is 2. The zero-order chi connectivity index (χ0) is 11.7.